The van der Waals surface area contributed by atoms with Gasteiger partial charge in [-0.25, -0.2) is 4.98 Å². The molecule has 0 spiro atoms. The fourth-order valence-electron chi connectivity index (χ4n) is 2.94. The molecule has 0 aliphatic carbocycles. The molecular formula is C19H20ClN3O2S. The first kappa shape index (κ1) is 18.6. The van der Waals surface area contributed by atoms with E-state index >= 15 is 0 Å². The second-order valence-electron chi connectivity index (χ2n) is 5.95. The number of hydrogen-bond donors (Lipinski definition) is 1. The van der Waals surface area contributed by atoms with Crippen molar-refractivity contribution in [3.63, 3.8) is 0 Å². The molecule has 2 heterocycles. The van der Waals surface area contributed by atoms with E-state index in [1.54, 1.807) is 6.07 Å². The molecule has 136 valence electrons. The van der Waals surface area contributed by atoms with Gasteiger partial charge in [-0.3, -0.25) is 14.2 Å². The van der Waals surface area contributed by atoms with Crippen molar-refractivity contribution in [1.29, 1.82) is 0 Å². The summed E-state index contributed by atoms with van der Waals surface area (Å²) < 4.78 is 1.48. The average Bonchev–Trinajstić information content (AvgIpc) is 3.11. The van der Waals surface area contributed by atoms with Gasteiger partial charge in [0.1, 0.15) is 4.83 Å². The predicted octanol–water partition coefficient (Wildman–Crippen LogP) is 4.27. The monoisotopic (exact) mass is 389 g/mol. The zero-order valence-corrected chi connectivity index (χ0v) is 16.3. The Kier molecular flexibility index (Phi) is 5.74. The molecule has 0 bridgehead atoms. The van der Waals surface area contributed by atoms with Crippen LogP contribution in [0.2, 0.25) is 5.02 Å². The van der Waals surface area contributed by atoms with Gasteiger partial charge in [-0.1, -0.05) is 31.5 Å². The van der Waals surface area contributed by atoms with Crippen LogP contribution in [0, 0.1) is 0 Å². The lowest BCUT2D eigenvalue weighted by atomic mass is 10.0. The minimum atomic E-state index is -0.144. The van der Waals surface area contributed by atoms with Crippen LogP contribution in [0.25, 0.3) is 10.2 Å². The molecule has 0 radical (unpaired) electrons. The Morgan fingerprint density at radius 3 is 2.81 bits per heavy atom. The van der Waals surface area contributed by atoms with Crippen LogP contribution in [-0.2, 0) is 24.2 Å². The van der Waals surface area contributed by atoms with E-state index in [-0.39, 0.29) is 24.4 Å². The molecule has 3 aromatic rings. The number of aromatic nitrogens is 2. The van der Waals surface area contributed by atoms with E-state index in [0.717, 1.165) is 34.5 Å². The highest BCUT2D eigenvalue weighted by Gasteiger charge is 2.14. The van der Waals surface area contributed by atoms with Crippen molar-refractivity contribution in [1.82, 2.24) is 9.55 Å². The Labute approximate surface area is 160 Å². The standard InChI is InChI=1S/C19H20ClN3O2S/c1-3-12-5-6-15(20)13(4-2)17(12)22-16(24)7-9-23-11-21-18-14(19(23)25)8-10-26-18/h5-6,8,10-11H,3-4,7,9H2,1-2H3,(H,22,24). The van der Waals surface area contributed by atoms with E-state index < -0.39 is 0 Å². The smallest absolute Gasteiger partial charge is 0.262 e. The summed E-state index contributed by atoms with van der Waals surface area (Å²) in [5.74, 6) is -0.144. The van der Waals surface area contributed by atoms with Crippen molar-refractivity contribution in [3.8, 4) is 0 Å². The highest BCUT2D eigenvalue weighted by atomic mass is 35.5. The third-order valence-electron chi connectivity index (χ3n) is 4.37. The van der Waals surface area contributed by atoms with Crippen LogP contribution in [0.4, 0.5) is 5.69 Å². The van der Waals surface area contributed by atoms with E-state index in [0.29, 0.717) is 10.4 Å². The van der Waals surface area contributed by atoms with Gasteiger partial charge in [0.2, 0.25) is 5.91 Å². The summed E-state index contributed by atoms with van der Waals surface area (Å²) in [4.78, 5) is 29.8. The normalized spacial score (nSPS) is 11.0. The second kappa shape index (κ2) is 8.01. The number of halogens is 1. The lowest BCUT2D eigenvalue weighted by Crippen LogP contribution is -2.23. The topological polar surface area (TPSA) is 64.0 Å². The fraction of sp³-hybridized carbons (Fsp3) is 0.316. The van der Waals surface area contributed by atoms with E-state index in [4.69, 9.17) is 11.6 Å². The molecular weight excluding hydrogens is 370 g/mol. The van der Waals surface area contributed by atoms with E-state index in [2.05, 4.69) is 10.3 Å². The number of fused-ring (bicyclic) bond motifs is 1. The minimum absolute atomic E-state index is 0.115. The maximum Gasteiger partial charge on any atom is 0.262 e. The summed E-state index contributed by atoms with van der Waals surface area (Å²) in [6, 6.07) is 5.57. The largest absolute Gasteiger partial charge is 0.325 e. The Morgan fingerprint density at radius 1 is 1.27 bits per heavy atom. The lowest BCUT2D eigenvalue weighted by Gasteiger charge is -2.16. The molecule has 0 fully saturated rings. The summed E-state index contributed by atoms with van der Waals surface area (Å²) in [5.41, 5.74) is 2.68. The first-order valence-electron chi connectivity index (χ1n) is 8.57. The molecule has 0 saturated heterocycles. The SMILES string of the molecule is CCc1ccc(Cl)c(CC)c1NC(=O)CCn1cnc2sccc2c1=O. The van der Waals surface area contributed by atoms with Gasteiger partial charge in [-0.15, -0.1) is 11.3 Å². The highest BCUT2D eigenvalue weighted by Crippen LogP contribution is 2.29. The van der Waals surface area contributed by atoms with Crippen molar-refractivity contribution < 1.29 is 4.79 Å². The average molecular weight is 390 g/mol. The van der Waals surface area contributed by atoms with E-state index in [9.17, 15) is 9.59 Å². The van der Waals surface area contributed by atoms with Gasteiger partial charge >= 0.3 is 0 Å². The molecule has 0 atom stereocenters. The molecule has 1 N–H and O–H groups in total. The Hall–Kier alpha value is -2.18. The number of carbonyl (C=O) groups is 1. The Morgan fingerprint density at radius 2 is 2.08 bits per heavy atom. The van der Waals surface area contributed by atoms with Crippen molar-refractivity contribution in [2.24, 2.45) is 0 Å². The van der Waals surface area contributed by atoms with Crippen molar-refractivity contribution in [3.05, 3.63) is 56.4 Å². The van der Waals surface area contributed by atoms with Crippen molar-refractivity contribution >= 4 is 44.7 Å². The molecule has 0 unspecified atom stereocenters. The van der Waals surface area contributed by atoms with Crippen LogP contribution >= 0.6 is 22.9 Å². The van der Waals surface area contributed by atoms with Crippen LogP contribution < -0.4 is 10.9 Å². The number of nitrogens with zero attached hydrogens (tertiary/aromatic N) is 2. The molecule has 3 rings (SSSR count). The number of anilines is 1. The van der Waals surface area contributed by atoms with Crippen molar-refractivity contribution in [2.45, 2.75) is 39.7 Å². The number of benzene rings is 1. The molecule has 0 aliphatic rings. The number of rotatable bonds is 6. The van der Waals surface area contributed by atoms with Gasteiger partial charge in [-0.2, -0.15) is 0 Å². The zero-order chi connectivity index (χ0) is 18.7. The molecule has 5 nitrogen and oxygen atoms in total. The first-order valence-corrected chi connectivity index (χ1v) is 9.83. The number of hydrogen-bond acceptors (Lipinski definition) is 4. The highest BCUT2D eigenvalue weighted by molar-refractivity contribution is 7.16. The second-order valence-corrected chi connectivity index (χ2v) is 7.25. The quantitative estimate of drug-likeness (QED) is 0.684. The number of carbonyl (C=O) groups excluding carboxylic acids is 1. The van der Waals surface area contributed by atoms with Crippen LogP contribution in [0.5, 0.6) is 0 Å². The Balaban J connectivity index is 1.76. The number of thiophene rings is 1. The summed E-state index contributed by atoms with van der Waals surface area (Å²) >= 11 is 7.71. The van der Waals surface area contributed by atoms with Crippen LogP contribution in [0.15, 0.2) is 34.7 Å². The van der Waals surface area contributed by atoms with Crippen LogP contribution in [0.3, 0.4) is 0 Å². The van der Waals surface area contributed by atoms with E-state index in [1.807, 2.05) is 31.4 Å². The maximum atomic E-state index is 12.5. The van der Waals surface area contributed by atoms with Crippen molar-refractivity contribution in [2.75, 3.05) is 5.32 Å². The van der Waals surface area contributed by atoms with Crippen LogP contribution in [0.1, 0.15) is 31.4 Å². The third-order valence-corrected chi connectivity index (χ3v) is 5.55. The fourth-order valence-corrected chi connectivity index (χ4v) is 3.96. The number of amides is 1. The minimum Gasteiger partial charge on any atom is -0.325 e. The van der Waals surface area contributed by atoms with Crippen LogP contribution in [-0.4, -0.2) is 15.5 Å². The van der Waals surface area contributed by atoms with Gasteiger partial charge in [-0.05, 0) is 41.5 Å². The molecule has 0 saturated carbocycles. The van der Waals surface area contributed by atoms with Gasteiger partial charge < -0.3 is 5.32 Å². The summed E-state index contributed by atoms with van der Waals surface area (Å²) in [6.45, 7) is 4.34. The molecule has 1 amide bonds. The van der Waals surface area contributed by atoms with Gasteiger partial charge in [0, 0.05) is 23.7 Å². The molecule has 2 aromatic heterocycles. The summed E-state index contributed by atoms with van der Waals surface area (Å²) in [6.07, 6.45) is 3.23. The molecule has 0 aliphatic heterocycles. The van der Waals surface area contributed by atoms with Gasteiger partial charge in [0.05, 0.1) is 11.7 Å². The lowest BCUT2D eigenvalue weighted by molar-refractivity contribution is -0.116. The Bertz CT molecular complexity index is 1010. The van der Waals surface area contributed by atoms with Gasteiger partial charge in [0.25, 0.3) is 5.56 Å². The number of nitrogens with one attached hydrogen (secondary N) is 1. The predicted molar refractivity (Wildman–Crippen MR) is 107 cm³/mol. The maximum absolute atomic E-state index is 12.5. The molecule has 26 heavy (non-hydrogen) atoms. The third kappa shape index (κ3) is 3.66. The number of aryl methyl sites for hydroxylation is 2. The molecule has 1 aromatic carbocycles. The summed E-state index contributed by atoms with van der Waals surface area (Å²) in [7, 11) is 0. The summed E-state index contributed by atoms with van der Waals surface area (Å²) in [5, 5.41) is 6.08. The zero-order valence-electron chi connectivity index (χ0n) is 14.7. The molecule has 7 heteroatoms. The first-order chi connectivity index (χ1) is 12.5. The van der Waals surface area contributed by atoms with E-state index in [1.165, 1.54) is 22.2 Å². The van der Waals surface area contributed by atoms with Gasteiger partial charge in [0.15, 0.2) is 0 Å².